The van der Waals surface area contributed by atoms with Crippen molar-refractivity contribution in [1.82, 2.24) is 9.30 Å². The largest absolute Gasteiger partial charge is 0.495 e. The Bertz CT molecular complexity index is 1160. The first-order valence-corrected chi connectivity index (χ1v) is 11.7. The number of benzene rings is 2. The molecule has 5 nitrogen and oxygen atoms in total. The molecular formula is C28H33Cl2N3O2. The van der Waals surface area contributed by atoms with Crippen LogP contribution in [0.25, 0.3) is 16.6 Å². The molecule has 0 aliphatic carbocycles. The zero-order chi connectivity index (χ0) is 22.5. The van der Waals surface area contributed by atoms with Crippen molar-refractivity contribution in [3.8, 4) is 22.6 Å². The Kier molecular flexibility index (Phi) is 9.73. The summed E-state index contributed by atoms with van der Waals surface area (Å²) in [4.78, 5) is 4.94. The average Bonchev–Trinajstić information content (AvgIpc) is 3.32. The van der Waals surface area contributed by atoms with Gasteiger partial charge in [-0.05, 0) is 54.4 Å². The van der Waals surface area contributed by atoms with Crippen LogP contribution < -0.4 is 14.4 Å². The second kappa shape index (κ2) is 12.7. The number of rotatable bonds is 8. The van der Waals surface area contributed by atoms with Crippen molar-refractivity contribution in [1.29, 1.82) is 0 Å². The van der Waals surface area contributed by atoms with Gasteiger partial charge in [0, 0.05) is 56.2 Å². The van der Waals surface area contributed by atoms with Gasteiger partial charge in [-0.25, -0.2) is 0 Å². The highest BCUT2D eigenvalue weighted by Crippen LogP contribution is 2.28. The Hall–Kier alpha value is -2.86. The van der Waals surface area contributed by atoms with Crippen molar-refractivity contribution in [2.75, 3.05) is 51.3 Å². The van der Waals surface area contributed by atoms with Gasteiger partial charge in [0.15, 0.2) is 0 Å². The van der Waals surface area contributed by atoms with Gasteiger partial charge in [-0.1, -0.05) is 30.3 Å². The molecule has 2 aromatic carbocycles. The number of methoxy groups -OCH3 is 1. The molecule has 0 radical (unpaired) electrons. The van der Waals surface area contributed by atoms with E-state index in [2.05, 4.69) is 81.2 Å². The summed E-state index contributed by atoms with van der Waals surface area (Å²) in [6.45, 7) is 5.99. The van der Waals surface area contributed by atoms with E-state index in [9.17, 15) is 0 Å². The summed E-state index contributed by atoms with van der Waals surface area (Å²) in [7, 11) is 1.74. The maximum absolute atomic E-state index is 6.01. The van der Waals surface area contributed by atoms with Gasteiger partial charge >= 0.3 is 0 Å². The van der Waals surface area contributed by atoms with Gasteiger partial charge in [0.2, 0.25) is 0 Å². The molecule has 1 aliphatic rings. The highest BCUT2D eigenvalue weighted by atomic mass is 35.5. The molecule has 1 fully saturated rings. The summed E-state index contributed by atoms with van der Waals surface area (Å²) in [5, 5.41) is 0. The molecule has 1 saturated heterocycles. The van der Waals surface area contributed by atoms with E-state index in [0.29, 0.717) is 0 Å². The van der Waals surface area contributed by atoms with Crippen molar-refractivity contribution < 1.29 is 9.47 Å². The third-order valence-electron chi connectivity index (χ3n) is 6.38. The molecule has 186 valence electrons. The van der Waals surface area contributed by atoms with Crippen LogP contribution >= 0.6 is 24.8 Å². The van der Waals surface area contributed by atoms with Crippen LogP contribution in [-0.4, -0.2) is 55.7 Å². The molecule has 2 aromatic heterocycles. The van der Waals surface area contributed by atoms with Crippen molar-refractivity contribution in [2.45, 2.75) is 6.42 Å². The number of anilines is 1. The van der Waals surface area contributed by atoms with E-state index >= 15 is 0 Å². The van der Waals surface area contributed by atoms with Gasteiger partial charge in [0.05, 0.1) is 19.4 Å². The van der Waals surface area contributed by atoms with Crippen LogP contribution in [0.1, 0.15) is 6.42 Å². The molecule has 0 bridgehead atoms. The Balaban J connectivity index is 0.00000171. The first-order chi connectivity index (χ1) is 16.3. The van der Waals surface area contributed by atoms with Crippen molar-refractivity contribution >= 4 is 36.0 Å². The number of para-hydroxylation sites is 2. The fraction of sp³-hybridized carbons (Fsp3) is 0.286. The summed E-state index contributed by atoms with van der Waals surface area (Å²) < 4.78 is 13.7. The molecule has 3 heterocycles. The van der Waals surface area contributed by atoms with E-state index < -0.39 is 0 Å². The highest BCUT2D eigenvalue weighted by Gasteiger charge is 2.19. The Morgan fingerprint density at radius 1 is 0.800 bits per heavy atom. The molecule has 0 unspecified atom stereocenters. The molecule has 35 heavy (non-hydrogen) atoms. The predicted octanol–water partition coefficient (Wildman–Crippen LogP) is 6.05. The summed E-state index contributed by atoms with van der Waals surface area (Å²) >= 11 is 0. The van der Waals surface area contributed by atoms with E-state index in [4.69, 9.17) is 9.47 Å². The van der Waals surface area contributed by atoms with Gasteiger partial charge in [0.1, 0.15) is 11.5 Å². The van der Waals surface area contributed by atoms with Gasteiger partial charge in [-0.3, -0.25) is 4.90 Å². The lowest BCUT2D eigenvalue weighted by Gasteiger charge is -2.36. The van der Waals surface area contributed by atoms with Crippen molar-refractivity contribution in [3.05, 3.63) is 85.2 Å². The summed E-state index contributed by atoms with van der Waals surface area (Å²) in [5.41, 5.74) is 4.83. The van der Waals surface area contributed by atoms with E-state index in [1.807, 2.05) is 18.2 Å². The van der Waals surface area contributed by atoms with Crippen LogP contribution in [0.15, 0.2) is 85.2 Å². The maximum atomic E-state index is 6.01. The number of piperazine rings is 1. The molecule has 0 N–H and O–H groups in total. The van der Waals surface area contributed by atoms with Crippen molar-refractivity contribution in [2.24, 2.45) is 0 Å². The SMILES string of the molecule is COc1ccccc1N1CCN(CCCOc2ccc(-c3cc4ccccn4c3)cc2)CC1.Cl.Cl. The Morgan fingerprint density at radius 2 is 1.54 bits per heavy atom. The second-order valence-corrected chi connectivity index (χ2v) is 8.49. The first kappa shape index (κ1) is 26.7. The van der Waals surface area contributed by atoms with E-state index in [1.165, 1.54) is 22.3 Å². The second-order valence-electron chi connectivity index (χ2n) is 8.49. The normalized spacial score (nSPS) is 13.7. The lowest BCUT2D eigenvalue weighted by molar-refractivity contribution is 0.224. The molecule has 0 amide bonds. The maximum Gasteiger partial charge on any atom is 0.142 e. The van der Waals surface area contributed by atoms with Gasteiger partial charge in [0.25, 0.3) is 0 Å². The number of pyridine rings is 1. The summed E-state index contributed by atoms with van der Waals surface area (Å²) in [6, 6.07) is 25.2. The average molecular weight is 514 g/mol. The number of halogens is 2. The van der Waals surface area contributed by atoms with Gasteiger partial charge < -0.3 is 18.8 Å². The smallest absolute Gasteiger partial charge is 0.142 e. The number of nitrogens with zero attached hydrogens (tertiary/aromatic N) is 3. The lowest BCUT2D eigenvalue weighted by Crippen LogP contribution is -2.46. The zero-order valence-electron chi connectivity index (χ0n) is 20.0. The molecule has 1 aliphatic heterocycles. The minimum atomic E-state index is 0. The van der Waals surface area contributed by atoms with Crippen LogP contribution in [0.2, 0.25) is 0 Å². The van der Waals surface area contributed by atoms with Crippen LogP contribution in [0, 0.1) is 0 Å². The van der Waals surface area contributed by atoms with Crippen LogP contribution in [0.5, 0.6) is 11.5 Å². The molecule has 4 aromatic rings. The van der Waals surface area contributed by atoms with Crippen LogP contribution in [0.3, 0.4) is 0 Å². The molecule has 5 rings (SSSR count). The number of fused-ring (bicyclic) bond motifs is 1. The van der Waals surface area contributed by atoms with Crippen LogP contribution in [0.4, 0.5) is 5.69 Å². The van der Waals surface area contributed by atoms with E-state index in [-0.39, 0.29) is 24.8 Å². The van der Waals surface area contributed by atoms with Gasteiger partial charge in [-0.2, -0.15) is 0 Å². The van der Waals surface area contributed by atoms with E-state index in [1.54, 1.807) is 7.11 Å². The minimum Gasteiger partial charge on any atom is -0.495 e. The monoisotopic (exact) mass is 513 g/mol. The third kappa shape index (κ3) is 6.43. The van der Waals surface area contributed by atoms with Crippen molar-refractivity contribution in [3.63, 3.8) is 0 Å². The topological polar surface area (TPSA) is 29.4 Å². The van der Waals surface area contributed by atoms with E-state index in [0.717, 1.165) is 57.3 Å². The fourth-order valence-electron chi connectivity index (χ4n) is 4.54. The summed E-state index contributed by atoms with van der Waals surface area (Å²) in [6.07, 6.45) is 5.27. The number of hydrogen-bond donors (Lipinski definition) is 0. The Morgan fingerprint density at radius 3 is 2.29 bits per heavy atom. The molecule has 7 heteroatoms. The number of aromatic nitrogens is 1. The standard InChI is InChI=1S/C28H31N3O2.2ClH/c1-32-28-9-3-2-8-27(28)30-18-16-29(17-19-30)14-6-20-33-26-12-10-23(11-13-26)24-21-25-7-4-5-15-31(25)22-24;;/h2-5,7-13,15,21-22H,6,14,16-20H2,1H3;2*1H. The fourth-order valence-corrected chi connectivity index (χ4v) is 4.54. The first-order valence-electron chi connectivity index (χ1n) is 11.7. The highest BCUT2D eigenvalue weighted by molar-refractivity contribution is 5.85. The predicted molar refractivity (Wildman–Crippen MR) is 149 cm³/mol. The van der Waals surface area contributed by atoms with Gasteiger partial charge in [-0.15, -0.1) is 24.8 Å². The number of hydrogen-bond acceptors (Lipinski definition) is 4. The molecule has 0 saturated carbocycles. The Labute approximate surface area is 220 Å². The third-order valence-corrected chi connectivity index (χ3v) is 6.38. The quantitative estimate of drug-likeness (QED) is 0.268. The molecular weight excluding hydrogens is 481 g/mol. The zero-order valence-corrected chi connectivity index (χ0v) is 21.6. The lowest BCUT2D eigenvalue weighted by atomic mass is 10.1. The molecule has 0 atom stereocenters. The van der Waals surface area contributed by atoms with Crippen LogP contribution in [-0.2, 0) is 0 Å². The minimum absolute atomic E-state index is 0. The summed E-state index contributed by atoms with van der Waals surface area (Å²) in [5.74, 6) is 1.89. The molecule has 0 spiro atoms. The number of ether oxygens (including phenoxy) is 2.